The van der Waals surface area contributed by atoms with Crippen LogP contribution in [0.2, 0.25) is 0 Å². The molecule has 0 radical (unpaired) electrons. The molecular weight excluding hydrogens is 354 g/mol. The van der Waals surface area contributed by atoms with Gasteiger partial charge in [-0.05, 0) is 68.0 Å². The minimum atomic E-state index is -0.122. The summed E-state index contributed by atoms with van der Waals surface area (Å²) in [5.41, 5.74) is 7.28. The third kappa shape index (κ3) is 3.87. The van der Waals surface area contributed by atoms with Crippen LogP contribution in [0.25, 0.3) is 5.57 Å². The predicted octanol–water partition coefficient (Wildman–Crippen LogP) is 4.48. The number of ether oxygens (including phenoxy) is 1. The molecule has 27 heavy (non-hydrogen) atoms. The maximum Gasteiger partial charge on any atom is 0.311 e. The molecule has 2 aliphatic rings. The van der Waals surface area contributed by atoms with Crippen LogP contribution in [0.5, 0.6) is 0 Å². The molecule has 0 bridgehead atoms. The van der Waals surface area contributed by atoms with Crippen molar-refractivity contribution in [2.75, 3.05) is 26.7 Å². The molecule has 1 aromatic heterocycles. The van der Waals surface area contributed by atoms with Gasteiger partial charge in [0.15, 0.2) is 0 Å². The molecule has 4 rings (SSSR count). The summed E-state index contributed by atoms with van der Waals surface area (Å²) in [4.78, 5) is 16.9. The monoisotopic (exact) mass is 381 g/mol. The SMILES string of the molecule is CCOC(=O)Cc1cc2c(s1)C(=C1CCN(C)CC1)c1ccccc1CC2. The number of rotatable bonds is 3. The van der Waals surface area contributed by atoms with E-state index in [0.717, 1.165) is 43.6 Å². The van der Waals surface area contributed by atoms with Gasteiger partial charge in [-0.3, -0.25) is 4.79 Å². The second kappa shape index (κ2) is 7.99. The van der Waals surface area contributed by atoms with E-state index in [0.29, 0.717) is 13.0 Å². The van der Waals surface area contributed by atoms with Crippen molar-refractivity contribution in [2.24, 2.45) is 0 Å². The van der Waals surface area contributed by atoms with Gasteiger partial charge in [0.2, 0.25) is 0 Å². The standard InChI is InChI=1S/C23H27NO2S/c1-3-26-21(25)15-19-14-18-9-8-16-6-4-5-7-20(16)22(23(18)27-19)17-10-12-24(2)13-11-17/h4-7,14H,3,8-13,15H2,1-2H3. The van der Waals surface area contributed by atoms with E-state index in [1.165, 1.54) is 27.1 Å². The molecule has 142 valence electrons. The molecule has 4 heteroatoms. The lowest BCUT2D eigenvalue weighted by atomic mass is 9.90. The molecule has 0 unspecified atom stereocenters. The minimum absolute atomic E-state index is 0.122. The molecular formula is C23H27NO2S. The second-order valence-electron chi connectivity index (χ2n) is 7.49. The molecule has 2 aromatic rings. The highest BCUT2D eigenvalue weighted by atomic mass is 32.1. The molecule has 1 aliphatic carbocycles. The van der Waals surface area contributed by atoms with Crippen LogP contribution in [0.4, 0.5) is 0 Å². The Hall–Kier alpha value is -1.91. The summed E-state index contributed by atoms with van der Waals surface area (Å²) in [5, 5.41) is 0. The van der Waals surface area contributed by atoms with Crippen molar-refractivity contribution >= 4 is 22.9 Å². The van der Waals surface area contributed by atoms with E-state index in [1.807, 2.05) is 6.92 Å². The van der Waals surface area contributed by atoms with Crippen molar-refractivity contribution in [1.82, 2.24) is 4.90 Å². The largest absolute Gasteiger partial charge is 0.466 e. The zero-order valence-electron chi connectivity index (χ0n) is 16.2. The Labute approximate surface area is 165 Å². The average Bonchev–Trinajstić information content (AvgIpc) is 2.98. The number of thiophene rings is 1. The van der Waals surface area contributed by atoms with E-state index in [1.54, 1.807) is 16.9 Å². The van der Waals surface area contributed by atoms with Crippen molar-refractivity contribution in [1.29, 1.82) is 0 Å². The Balaban J connectivity index is 1.78. The quantitative estimate of drug-likeness (QED) is 0.734. The fourth-order valence-electron chi connectivity index (χ4n) is 4.19. The third-order valence-corrected chi connectivity index (χ3v) is 6.80. The summed E-state index contributed by atoms with van der Waals surface area (Å²) < 4.78 is 5.16. The van der Waals surface area contributed by atoms with Crippen LogP contribution in [-0.2, 0) is 28.8 Å². The first-order valence-corrected chi connectivity index (χ1v) is 10.7. The number of fused-ring (bicyclic) bond motifs is 2. The van der Waals surface area contributed by atoms with Crippen molar-refractivity contribution < 1.29 is 9.53 Å². The zero-order valence-corrected chi connectivity index (χ0v) is 17.0. The lowest BCUT2D eigenvalue weighted by molar-refractivity contribution is -0.142. The molecule has 0 N–H and O–H groups in total. The summed E-state index contributed by atoms with van der Waals surface area (Å²) in [6, 6.07) is 11.1. The third-order valence-electron chi connectivity index (χ3n) is 5.61. The van der Waals surface area contributed by atoms with Gasteiger partial charge in [-0.1, -0.05) is 29.8 Å². The molecule has 1 aliphatic heterocycles. The van der Waals surface area contributed by atoms with E-state index in [4.69, 9.17) is 4.74 Å². The van der Waals surface area contributed by atoms with E-state index < -0.39 is 0 Å². The molecule has 1 saturated heterocycles. The normalized spacial score (nSPS) is 17.3. The molecule has 0 saturated carbocycles. The summed E-state index contributed by atoms with van der Waals surface area (Å²) in [5.74, 6) is -0.122. The fourth-order valence-corrected chi connectivity index (χ4v) is 5.49. The lowest BCUT2D eigenvalue weighted by Gasteiger charge is -2.27. The van der Waals surface area contributed by atoms with Gasteiger partial charge in [0.05, 0.1) is 13.0 Å². The van der Waals surface area contributed by atoms with Crippen LogP contribution in [-0.4, -0.2) is 37.6 Å². The number of benzene rings is 1. The van der Waals surface area contributed by atoms with Gasteiger partial charge in [0, 0.05) is 22.8 Å². The minimum Gasteiger partial charge on any atom is -0.466 e. The summed E-state index contributed by atoms with van der Waals surface area (Å²) in [6.07, 6.45) is 4.76. The Morgan fingerprint density at radius 2 is 1.85 bits per heavy atom. The van der Waals surface area contributed by atoms with Crippen LogP contribution in [0.1, 0.15) is 46.2 Å². The van der Waals surface area contributed by atoms with Crippen LogP contribution < -0.4 is 0 Å². The van der Waals surface area contributed by atoms with Crippen molar-refractivity contribution in [3.05, 3.63) is 62.3 Å². The highest BCUT2D eigenvalue weighted by Gasteiger charge is 2.25. The van der Waals surface area contributed by atoms with E-state index in [2.05, 4.69) is 42.3 Å². The van der Waals surface area contributed by atoms with E-state index in [-0.39, 0.29) is 5.97 Å². The summed E-state index contributed by atoms with van der Waals surface area (Å²) in [6.45, 7) is 4.55. The first kappa shape index (κ1) is 18.5. The van der Waals surface area contributed by atoms with Crippen LogP contribution in [0.3, 0.4) is 0 Å². The van der Waals surface area contributed by atoms with Crippen LogP contribution in [0, 0.1) is 0 Å². The lowest BCUT2D eigenvalue weighted by Crippen LogP contribution is -2.26. The maximum absolute atomic E-state index is 12.0. The molecule has 1 aromatic carbocycles. The highest BCUT2D eigenvalue weighted by molar-refractivity contribution is 7.13. The van der Waals surface area contributed by atoms with Gasteiger partial charge in [-0.15, -0.1) is 11.3 Å². The predicted molar refractivity (Wildman–Crippen MR) is 111 cm³/mol. The summed E-state index contributed by atoms with van der Waals surface area (Å²) >= 11 is 1.80. The number of aryl methyl sites for hydroxylation is 2. The van der Waals surface area contributed by atoms with Crippen molar-refractivity contribution in [3.63, 3.8) is 0 Å². The fraction of sp³-hybridized carbons (Fsp3) is 0.435. The van der Waals surface area contributed by atoms with Crippen molar-refractivity contribution in [3.8, 4) is 0 Å². The van der Waals surface area contributed by atoms with Gasteiger partial charge in [0.1, 0.15) is 0 Å². The topological polar surface area (TPSA) is 29.5 Å². The Morgan fingerprint density at radius 3 is 2.63 bits per heavy atom. The molecule has 2 heterocycles. The molecule has 0 atom stereocenters. The number of esters is 1. The first-order chi connectivity index (χ1) is 13.2. The molecule has 0 spiro atoms. The number of carbonyl (C=O) groups is 1. The number of likely N-dealkylation sites (tertiary alicyclic amines) is 1. The number of piperidine rings is 1. The van der Waals surface area contributed by atoms with Crippen LogP contribution >= 0.6 is 11.3 Å². The van der Waals surface area contributed by atoms with Gasteiger partial charge in [-0.2, -0.15) is 0 Å². The van der Waals surface area contributed by atoms with E-state index in [9.17, 15) is 4.79 Å². The Kier molecular flexibility index (Phi) is 5.46. The van der Waals surface area contributed by atoms with E-state index >= 15 is 0 Å². The van der Waals surface area contributed by atoms with Crippen molar-refractivity contribution in [2.45, 2.75) is 39.0 Å². The molecule has 1 fully saturated rings. The molecule has 3 nitrogen and oxygen atoms in total. The first-order valence-electron chi connectivity index (χ1n) is 9.92. The zero-order chi connectivity index (χ0) is 18.8. The van der Waals surface area contributed by atoms with Gasteiger partial charge in [0.25, 0.3) is 0 Å². The molecule has 0 amide bonds. The van der Waals surface area contributed by atoms with Gasteiger partial charge >= 0.3 is 5.97 Å². The Morgan fingerprint density at radius 1 is 1.11 bits per heavy atom. The number of hydrogen-bond acceptors (Lipinski definition) is 4. The van der Waals surface area contributed by atoms with Crippen LogP contribution in [0.15, 0.2) is 35.9 Å². The van der Waals surface area contributed by atoms with Gasteiger partial charge < -0.3 is 9.64 Å². The number of carbonyl (C=O) groups excluding carboxylic acids is 1. The number of nitrogens with zero attached hydrogens (tertiary/aromatic N) is 1. The smallest absolute Gasteiger partial charge is 0.311 e. The summed E-state index contributed by atoms with van der Waals surface area (Å²) in [7, 11) is 2.20. The average molecular weight is 382 g/mol. The second-order valence-corrected chi connectivity index (χ2v) is 8.62. The number of hydrogen-bond donors (Lipinski definition) is 0. The Bertz CT molecular complexity index is 870. The van der Waals surface area contributed by atoms with Gasteiger partial charge in [-0.25, -0.2) is 0 Å². The highest BCUT2D eigenvalue weighted by Crippen LogP contribution is 2.42. The maximum atomic E-state index is 12.0.